The summed E-state index contributed by atoms with van der Waals surface area (Å²) in [6, 6.07) is 8.96. The average Bonchev–Trinajstić information content (AvgIpc) is 3.03. The van der Waals surface area contributed by atoms with Crippen molar-refractivity contribution in [2.45, 2.75) is 38.7 Å². The average molecular weight is 401 g/mol. The number of aryl methyl sites for hydroxylation is 1. The van der Waals surface area contributed by atoms with Crippen LogP contribution in [-0.2, 0) is 27.2 Å². The van der Waals surface area contributed by atoms with Gasteiger partial charge < -0.3 is 15.0 Å². The van der Waals surface area contributed by atoms with Gasteiger partial charge in [0.05, 0.1) is 5.56 Å². The summed E-state index contributed by atoms with van der Waals surface area (Å²) >= 11 is 1.43. The van der Waals surface area contributed by atoms with Crippen molar-refractivity contribution in [1.82, 2.24) is 4.90 Å². The second kappa shape index (κ2) is 8.56. The third-order valence-electron chi connectivity index (χ3n) is 4.66. The van der Waals surface area contributed by atoms with Gasteiger partial charge in [0.2, 0.25) is 12.0 Å². The quantitative estimate of drug-likeness (QED) is 0.779. The first-order valence-electron chi connectivity index (χ1n) is 9.27. The molecule has 148 valence electrons. The van der Waals surface area contributed by atoms with E-state index in [2.05, 4.69) is 5.32 Å². The molecule has 0 saturated carbocycles. The standard InChI is InChI=1S/C21H24N2O4S/c1-13(24)22-19-17(15-11-7-8-12-16(15)28-19)21(26)27-18(20(25)23(2)3)14-9-5-4-6-10-14/h4-6,9-10,18H,7-8,11-12H2,1-3H3,(H,22,24)/t18-/m1/s1. The van der Waals surface area contributed by atoms with Gasteiger partial charge >= 0.3 is 5.97 Å². The lowest BCUT2D eigenvalue weighted by Gasteiger charge is -2.22. The number of anilines is 1. The van der Waals surface area contributed by atoms with Crippen molar-refractivity contribution in [1.29, 1.82) is 0 Å². The smallest absolute Gasteiger partial charge is 0.342 e. The van der Waals surface area contributed by atoms with E-state index in [0.29, 0.717) is 16.1 Å². The van der Waals surface area contributed by atoms with Crippen LogP contribution < -0.4 is 5.32 Å². The van der Waals surface area contributed by atoms with Crippen molar-refractivity contribution in [2.75, 3.05) is 19.4 Å². The van der Waals surface area contributed by atoms with E-state index >= 15 is 0 Å². The molecule has 1 N–H and O–H groups in total. The summed E-state index contributed by atoms with van der Waals surface area (Å²) in [7, 11) is 3.25. The lowest BCUT2D eigenvalue weighted by molar-refractivity contribution is -0.138. The molecular formula is C21H24N2O4S. The maximum absolute atomic E-state index is 13.2. The van der Waals surface area contributed by atoms with Crippen LogP contribution in [0.25, 0.3) is 0 Å². The molecule has 0 radical (unpaired) electrons. The normalized spacial score (nSPS) is 14.0. The number of ether oxygens (including phenoxy) is 1. The molecule has 1 aliphatic rings. The van der Waals surface area contributed by atoms with Crippen molar-refractivity contribution in [3.63, 3.8) is 0 Å². The van der Waals surface area contributed by atoms with Crippen molar-refractivity contribution >= 4 is 34.1 Å². The van der Waals surface area contributed by atoms with Gasteiger partial charge in [0.25, 0.3) is 5.91 Å². The zero-order chi connectivity index (χ0) is 20.3. The molecule has 3 rings (SSSR count). The van der Waals surface area contributed by atoms with E-state index in [1.165, 1.54) is 23.2 Å². The van der Waals surface area contributed by atoms with Gasteiger partial charge in [-0.3, -0.25) is 9.59 Å². The minimum Gasteiger partial charge on any atom is -0.444 e. The molecule has 1 aromatic heterocycles. The summed E-state index contributed by atoms with van der Waals surface area (Å²) in [5.41, 5.74) is 1.94. The first-order chi connectivity index (χ1) is 13.4. The van der Waals surface area contributed by atoms with E-state index in [1.807, 2.05) is 6.07 Å². The second-order valence-corrected chi connectivity index (χ2v) is 8.13. The van der Waals surface area contributed by atoms with E-state index in [9.17, 15) is 14.4 Å². The zero-order valence-electron chi connectivity index (χ0n) is 16.3. The molecule has 1 heterocycles. The molecule has 2 aromatic rings. The fourth-order valence-corrected chi connectivity index (χ4v) is 4.64. The number of esters is 1. The number of benzene rings is 1. The van der Waals surface area contributed by atoms with Gasteiger partial charge in [-0.1, -0.05) is 30.3 Å². The Kier molecular flexibility index (Phi) is 6.14. The van der Waals surface area contributed by atoms with Gasteiger partial charge in [-0.25, -0.2) is 4.79 Å². The number of carbonyl (C=O) groups excluding carboxylic acids is 3. The van der Waals surface area contributed by atoms with Crippen LogP contribution in [-0.4, -0.2) is 36.8 Å². The number of hydrogen-bond donors (Lipinski definition) is 1. The van der Waals surface area contributed by atoms with E-state index in [0.717, 1.165) is 36.1 Å². The van der Waals surface area contributed by atoms with Gasteiger partial charge in [0.15, 0.2) is 0 Å². The number of carbonyl (C=O) groups is 3. The van der Waals surface area contributed by atoms with Gasteiger partial charge in [-0.2, -0.15) is 0 Å². The molecule has 28 heavy (non-hydrogen) atoms. The van der Waals surface area contributed by atoms with Gasteiger partial charge in [0.1, 0.15) is 5.00 Å². The minimum atomic E-state index is -1.03. The van der Waals surface area contributed by atoms with Gasteiger partial charge in [0, 0.05) is 31.5 Å². The summed E-state index contributed by atoms with van der Waals surface area (Å²) in [5.74, 6) is -1.13. The Bertz CT molecular complexity index is 889. The molecule has 0 unspecified atom stereocenters. The zero-order valence-corrected chi connectivity index (χ0v) is 17.1. The van der Waals surface area contributed by atoms with E-state index in [-0.39, 0.29) is 11.8 Å². The number of amides is 2. The maximum Gasteiger partial charge on any atom is 0.342 e. The predicted octanol–water partition coefficient (Wildman–Crippen LogP) is 3.57. The summed E-state index contributed by atoms with van der Waals surface area (Å²) < 4.78 is 5.72. The Morgan fingerprint density at radius 3 is 2.43 bits per heavy atom. The number of fused-ring (bicyclic) bond motifs is 1. The largest absolute Gasteiger partial charge is 0.444 e. The fourth-order valence-electron chi connectivity index (χ4n) is 3.32. The van der Waals surface area contributed by atoms with Crippen LogP contribution in [0.5, 0.6) is 0 Å². The van der Waals surface area contributed by atoms with Crippen molar-refractivity contribution in [2.24, 2.45) is 0 Å². The van der Waals surface area contributed by atoms with Crippen LogP contribution in [0.2, 0.25) is 0 Å². The molecule has 1 atom stereocenters. The highest BCUT2D eigenvalue weighted by Gasteiger charge is 2.32. The maximum atomic E-state index is 13.2. The molecule has 1 aliphatic carbocycles. The molecule has 0 spiro atoms. The molecule has 0 bridgehead atoms. The van der Waals surface area contributed by atoms with Crippen LogP contribution in [0.3, 0.4) is 0 Å². The van der Waals surface area contributed by atoms with Crippen molar-refractivity contribution < 1.29 is 19.1 Å². The van der Waals surface area contributed by atoms with E-state index in [1.54, 1.807) is 38.4 Å². The molecule has 0 saturated heterocycles. The van der Waals surface area contributed by atoms with Crippen LogP contribution in [0.15, 0.2) is 30.3 Å². The minimum absolute atomic E-state index is 0.239. The Morgan fingerprint density at radius 1 is 1.11 bits per heavy atom. The number of hydrogen-bond acceptors (Lipinski definition) is 5. The Hall–Kier alpha value is -2.67. The summed E-state index contributed by atoms with van der Waals surface area (Å²) in [6.07, 6.45) is 2.68. The highest BCUT2D eigenvalue weighted by Crippen LogP contribution is 2.39. The van der Waals surface area contributed by atoms with E-state index in [4.69, 9.17) is 4.74 Å². The van der Waals surface area contributed by atoms with Gasteiger partial charge in [-0.15, -0.1) is 11.3 Å². The lowest BCUT2D eigenvalue weighted by Crippen LogP contribution is -2.31. The van der Waals surface area contributed by atoms with Crippen LogP contribution in [0.1, 0.15) is 52.2 Å². The van der Waals surface area contributed by atoms with Crippen LogP contribution in [0.4, 0.5) is 5.00 Å². The molecule has 6 nitrogen and oxygen atoms in total. The summed E-state index contributed by atoms with van der Waals surface area (Å²) in [5, 5.41) is 3.27. The molecule has 7 heteroatoms. The Labute approximate surface area is 168 Å². The number of nitrogens with one attached hydrogen (secondary N) is 1. The highest BCUT2D eigenvalue weighted by molar-refractivity contribution is 7.17. The van der Waals surface area contributed by atoms with Crippen molar-refractivity contribution in [3.05, 3.63) is 51.9 Å². The first kappa shape index (κ1) is 20.1. The fraction of sp³-hybridized carbons (Fsp3) is 0.381. The van der Waals surface area contributed by atoms with Crippen LogP contribution >= 0.6 is 11.3 Å². The van der Waals surface area contributed by atoms with Gasteiger partial charge in [-0.05, 0) is 31.2 Å². The number of nitrogens with zero attached hydrogens (tertiary/aromatic N) is 1. The summed E-state index contributed by atoms with van der Waals surface area (Å²) in [4.78, 5) is 40.0. The topological polar surface area (TPSA) is 75.7 Å². The Balaban J connectivity index is 1.97. The molecule has 0 aliphatic heterocycles. The molecule has 0 fully saturated rings. The first-order valence-corrected chi connectivity index (χ1v) is 10.1. The van der Waals surface area contributed by atoms with Crippen molar-refractivity contribution in [3.8, 4) is 0 Å². The molecule has 2 amide bonds. The molecule has 1 aromatic carbocycles. The number of rotatable bonds is 5. The SMILES string of the molecule is CC(=O)Nc1sc2c(c1C(=O)O[C@@H](C(=O)N(C)C)c1ccccc1)CCCC2. The highest BCUT2D eigenvalue weighted by atomic mass is 32.1. The third kappa shape index (κ3) is 4.25. The third-order valence-corrected chi connectivity index (χ3v) is 5.86. The molecular weight excluding hydrogens is 376 g/mol. The number of likely N-dealkylation sites (N-methyl/N-ethyl adjacent to an activating group) is 1. The monoisotopic (exact) mass is 400 g/mol. The Morgan fingerprint density at radius 2 is 1.79 bits per heavy atom. The second-order valence-electron chi connectivity index (χ2n) is 7.02. The van der Waals surface area contributed by atoms with E-state index < -0.39 is 12.1 Å². The predicted molar refractivity (Wildman–Crippen MR) is 109 cm³/mol. The number of thiophene rings is 1. The summed E-state index contributed by atoms with van der Waals surface area (Å²) in [6.45, 7) is 1.41. The van der Waals surface area contributed by atoms with Crippen LogP contribution in [0, 0.1) is 0 Å². The lowest BCUT2D eigenvalue weighted by atomic mass is 9.95.